The molecule has 0 aliphatic heterocycles. The third-order valence-corrected chi connectivity index (χ3v) is 1.94. The first kappa shape index (κ1) is 9.93. The molecule has 2 rings (SSSR count). The fourth-order valence-corrected chi connectivity index (χ4v) is 1.22. The molecule has 0 aliphatic rings. The quantitative estimate of drug-likeness (QED) is 0.775. The highest BCUT2D eigenvalue weighted by Gasteiger charge is 2.06. The Balaban J connectivity index is 2.25. The molecule has 0 bridgehead atoms. The van der Waals surface area contributed by atoms with E-state index in [1.807, 2.05) is 6.07 Å². The summed E-state index contributed by atoms with van der Waals surface area (Å²) in [5.74, 6) is -0.122. The number of hydrogen-bond donors (Lipinski definition) is 0. The molecular weight excluding hydrogens is 217 g/mol. The van der Waals surface area contributed by atoms with Crippen molar-refractivity contribution in [1.29, 1.82) is 0 Å². The Bertz CT molecular complexity index is 461. The van der Waals surface area contributed by atoms with Gasteiger partial charge in [-0.1, -0.05) is 29.8 Å². The van der Waals surface area contributed by atoms with Gasteiger partial charge in [0.05, 0.1) is 5.02 Å². The van der Waals surface area contributed by atoms with Crippen LogP contribution in [0.4, 0.5) is 4.39 Å². The van der Waals surface area contributed by atoms with Gasteiger partial charge in [-0.25, -0.2) is 9.37 Å². The van der Waals surface area contributed by atoms with Gasteiger partial charge < -0.3 is 4.74 Å². The summed E-state index contributed by atoms with van der Waals surface area (Å²) in [6.07, 6.45) is 1.34. The summed E-state index contributed by atoms with van der Waals surface area (Å²) >= 11 is 5.56. The zero-order valence-electron chi connectivity index (χ0n) is 7.65. The van der Waals surface area contributed by atoms with E-state index in [1.54, 1.807) is 24.3 Å². The van der Waals surface area contributed by atoms with Gasteiger partial charge in [0.1, 0.15) is 5.75 Å². The normalized spacial score (nSPS) is 10.0. The van der Waals surface area contributed by atoms with E-state index in [4.69, 9.17) is 16.3 Å². The summed E-state index contributed by atoms with van der Waals surface area (Å²) < 4.78 is 18.5. The Morgan fingerprint density at radius 3 is 2.60 bits per heavy atom. The zero-order valence-corrected chi connectivity index (χ0v) is 8.41. The molecule has 0 amide bonds. The van der Waals surface area contributed by atoms with Gasteiger partial charge in [0.25, 0.3) is 5.88 Å². The van der Waals surface area contributed by atoms with Crippen molar-refractivity contribution in [2.45, 2.75) is 0 Å². The smallest absolute Gasteiger partial charge is 0.255 e. The van der Waals surface area contributed by atoms with E-state index in [0.29, 0.717) is 5.75 Å². The number of aromatic nitrogens is 1. The molecular formula is C11H7ClFNO. The van der Waals surface area contributed by atoms with Crippen molar-refractivity contribution < 1.29 is 9.13 Å². The minimum atomic E-state index is -0.577. The van der Waals surface area contributed by atoms with Crippen LogP contribution in [0.1, 0.15) is 0 Å². The van der Waals surface area contributed by atoms with Crippen LogP contribution < -0.4 is 4.74 Å². The van der Waals surface area contributed by atoms with E-state index in [0.717, 1.165) is 6.07 Å². The molecule has 1 aromatic heterocycles. The summed E-state index contributed by atoms with van der Waals surface area (Å²) in [6, 6.07) is 10.0. The van der Waals surface area contributed by atoms with Crippen LogP contribution in [0.5, 0.6) is 11.6 Å². The van der Waals surface area contributed by atoms with Crippen molar-refractivity contribution in [2.75, 3.05) is 0 Å². The molecule has 1 heterocycles. The van der Waals surface area contributed by atoms with Crippen LogP contribution in [-0.2, 0) is 0 Å². The number of nitrogens with zero attached hydrogens (tertiary/aromatic N) is 1. The number of halogens is 2. The number of benzene rings is 1. The maximum absolute atomic E-state index is 13.3. The van der Waals surface area contributed by atoms with Gasteiger partial charge >= 0.3 is 0 Å². The SMILES string of the molecule is Fc1cc(Cl)cnc1Oc1ccccc1. The van der Waals surface area contributed by atoms with Gasteiger partial charge in [0.2, 0.25) is 0 Å². The summed E-state index contributed by atoms with van der Waals surface area (Å²) in [5, 5.41) is 0.243. The molecule has 2 nitrogen and oxygen atoms in total. The van der Waals surface area contributed by atoms with Gasteiger partial charge in [-0.05, 0) is 18.2 Å². The number of ether oxygens (including phenoxy) is 1. The lowest BCUT2D eigenvalue weighted by atomic mass is 10.3. The molecule has 76 valence electrons. The van der Waals surface area contributed by atoms with Crippen molar-refractivity contribution in [3.8, 4) is 11.6 Å². The second kappa shape index (κ2) is 4.28. The summed E-state index contributed by atoms with van der Waals surface area (Å²) in [5.41, 5.74) is 0. The lowest BCUT2D eigenvalue weighted by Crippen LogP contribution is -1.91. The highest BCUT2D eigenvalue weighted by molar-refractivity contribution is 6.30. The Morgan fingerprint density at radius 2 is 1.93 bits per heavy atom. The molecule has 2 aromatic rings. The number of para-hydroxylation sites is 1. The molecule has 0 N–H and O–H groups in total. The first-order chi connectivity index (χ1) is 7.25. The molecule has 0 saturated heterocycles. The molecule has 4 heteroatoms. The standard InChI is InChI=1S/C11H7ClFNO/c12-8-6-10(13)11(14-7-8)15-9-4-2-1-3-5-9/h1-7H. The van der Waals surface area contributed by atoms with Crippen LogP contribution in [0.25, 0.3) is 0 Å². The third-order valence-electron chi connectivity index (χ3n) is 1.73. The Kier molecular flexibility index (Phi) is 2.83. The maximum Gasteiger partial charge on any atom is 0.255 e. The molecule has 0 atom stereocenters. The second-order valence-corrected chi connectivity index (χ2v) is 3.29. The van der Waals surface area contributed by atoms with Crippen molar-refractivity contribution in [1.82, 2.24) is 4.98 Å². The largest absolute Gasteiger partial charge is 0.436 e. The average molecular weight is 224 g/mol. The van der Waals surface area contributed by atoms with E-state index in [-0.39, 0.29) is 10.9 Å². The van der Waals surface area contributed by atoms with Gasteiger partial charge in [-0.2, -0.15) is 0 Å². The Hall–Kier alpha value is -1.61. The number of pyridine rings is 1. The predicted molar refractivity (Wildman–Crippen MR) is 55.7 cm³/mol. The second-order valence-electron chi connectivity index (χ2n) is 2.86. The monoisotopic (exact) mass is 223 g/mol. The van der Waals surface area contributed by atoms with E-state index in [9.17, 15) is 4.39 Å². The van der Waals surface area contributed by atoms with E-state index < -0.39 is 5.82 Å². The topological polar surface area (TPSA) is 22.1 Å². The fraction of sp³-hybridized carbons (Fsp3) is 0. The van der Waals surface area contributed by atoms with Crippen LogP contribution in [-0.4, -0.2) is 4.98 Å². The van der Waals surface area contributed by atoms with E-state index in [2.05, 4.69) is 4.98 Å². The van der Waals surface area contributed by atoms with Gasteiger partial charge in [0.15, 0.2) is 5.82 Å². The average Bonchev–Trinajstić information content (AvgIpc) is 2.24. The Labute approximate surface area is 91.3 Å². The molecule has 0 unspecified atom stereocenters. The first-order valence-electron chi connectivity index (χ1n) is 4.29. The minimum absolute atomic E-state index is 0.0781. The van der Waals surface area contributed by atoms with Crippen LogP contribution >= 0.6 is 11.6 Å². The van der Waals surface area contributed by atoms with Crippen molar-refractivity contribution in [3.63, 3.8) is 0 Å². The first-order valence-corrected chi connectivity index (χ1v) is 4.67. The highest BCUT2D eigenvalue weighted by atomic mass is 35.5. The molecule has 0 saturated carbocycles. The molecule has 0 fully saturated rings. The van der Waals surface area contributed by atoms with E-state index >= 15 is 0 Å². The van der Waals surface area contributed by atoms with Crippen molar-refractivity contribution in [2.24, 2.45) is 0 Å². The summed E-state index contributed by atoms with van der Waals surface area (Å²) in [4.78, 5) is 3.74. The predicted octanol–water partition coefficient (Wildman–Crippen LogP) is 3.67. The molecule has 0 aliphatic carbocycles. The molecule has 15 heavy (non-hydrogen) atoms. The molecule has 0 radical (unpaired) electrons. The van der Waals surface area contributed by atoms with Crippen LogP contribution in [0.15, 0.2) is 42.6 Å². The van der Waals surface area contributed by atoms with Gasteiger partial charge in [-0.3, -0.25) is 0 Å². The van der Waals surface area contributed by atoms with E-state index in [1.165, 1.54) is 6.20 Å². The summed E-state index contributed by atoms with van der Waals surface area (Å²) in [7, 11) is 0. The van der Waals surface area contributed by atoms with Gasteiger partial charge in [-0.15, -0.1) is 0 Å². The Morgan fingerprint density at radius 1 is 1.20 bits per heavy atom. The maximum atomic E-state index is 13.3. The van der Waals surface area contributed by atoms with Crippen molar-refractivity contribution >= 4 is 11.6 Å². The third kappa shape index (κ3) is 2.44. The van der Waals surface area contributed by atoms with Crippen molar-refractivity contribution in [3.05, 3.63) is 53.4 Å². The lowest BCUT2D eigenvalue weighted by Gasteiger charge is -2.04. The molecule has 0 spiro atoms. The number of hydrogen-bond acceptors (Lipinski definition) is 2. The number of rotatable bonds is 2. The highest BCUT2D eigenvalue weighted by Crippen LogP contribution is 2.23. The van der Waals surface area contributed by atoms with Gasteiger partial charge in [0, 0.05) is 6.20 Å². The summed E-state index contributed by atoms with van der Waals surface area (Å²) in [6.45, 7) is 0. The van der Waals surface area contributed by atoms with Crippen LogP contribution in [0, 0.1) is 5.82 Å². The minimum Gasteiger partial charge on any atom is -0.436 e. The fourth-order valence-electron chi connectivity index (χ4n) is 1.08. The lowest BCUT2D eigenvalue weighted by molar-refractivity contribution is 0.423. The van der Waals surface area contributed by atoms with Crippen LogP contribution in [0.3, 0.4) is 0 Å². The molecule has 1 aromatic carbocycles. The zero-order chi connectivity index (χ0) is 10.7. The van der Waals surface area contributed by atoms with Crippen LogP contribution in [0.2, 0.25) is 5.02 Å².